The van der Waals surface area contributed by atoms with Crippen LogP contribution < -0.4 is 4.72 Å². The van der Waals surface area contributed by atoms with Crippen LogP contribution in [0.5, 0.6) is 0 Å². The zero-order valence-corrected chi connectivity index (χ0v) is 22.4. The van der Waals surface area contributed by atoms with Crippen LogP contribution in [0.2, 0.25) is 0 Å². The zero-order chi connectivity index (χ0) is 26.0. The average molecular weight is 510 g/mol. The highest BCUT2D eigenvalue weighted by Gasteiger charge is 2.44. The lowest BCUT2D eigenvalue weighted by Crippen LogP contribution is -2.44. The fraction of sp³-hybridized carbons (Fsp3) is 0.414. The van der Waals surface area contributed by atoms with Crippen molar-refractivity contribution >= 4 is 10.0 Å². The minimum absolute atomic E-state index is 0.242. The van der Waals surface area contributed by atoms with Gasteiger partial charge in [-0.2, -0.15) is 0 Å². The van der Waals surface area contributed by atoms with Gasteiger partial charge in [0.15, 0.2) is 0 Å². The number of benzene rings is 2. The van der Waals surface area contributed by atoms with Crippen LogP contribution in [-0.4, -0.2) is 37.9 Å². The summed E-state index contributed by atoms with van der Waals surface area (Å²) in [6.45, 7) is 10.3. The molecule has 1 aliphatic heterocycles. The number of nitrogens with zero attached hydrogens (tertiary/aromatic N) is 2. The fourth-order valence-electron chi connectivity index (χ4n) is 4.97. The molecule has 192 valence electrons. The number of aryl methyl sites for hydroxylation is 3. The molecule has 2 heterocycles. The van der Waals surface area contributed by atoms with Gasteiger partial charge >= 0.3 is 0 Å². The van der Waals surface area contributed by atoms with Crippen LogP contribution in [0, 0.1) is 25.1 Å². The summed E-state index contributed by atoms with van der Waals surface area (Å²) in [6.07, 6.45) is 4.36. The molecule has 7 heteroatoms. The van der Waals surface area contributed by atoms with Crippen molar-refractivity contribution < 1.29 is 12.8 Å². The van der Waals surface area contributed by atoms with E-state index in [2.05, 4.69) is 34.5 Å². The molecule has 3 aromatic rings. The summed E-state index contributed by atoms with van der Waals surface area (Å²) < 4.78 is 42.6. The third kappa shape index (κ3) is 6.02. The second-order valence-corrected chi connectivity index (χ2v) is 12.4. The van der Waals surface area contributed by atoms with E-state index in [-0.39, 0.29) is 21.7 Å². The predicted molar refractivity (Wildman–Crippen MR) is 142 cm³/mol. The van der Waals surface area contributed by atoms with Crippen LogP contribution in [-0.2, 0) is 22.0 Å². The van der Waals surface area contributed by atoms with Gasteiger partial charge in [-0.05, 0) is 100 Å². The number of aromatic nitrogens is 1. The van der Waals surface area contributed by atoms with E-state index < -0.39 is 10.0 Å². The number of nitrogens with one attached hydrogen (secondary N) is 1. The molecule has 1 aliphatic rings. The molecule has 36 heavy (non-hydrogen) atoms. The van der Waals surface area contributed by atoms with Gasteiger partial charge in [0.1, 0.15) is 5.82 Å². The van der Waals surface area contributed by atoms with Gasteiger partial charge in [0, 0.05) is 30.5 Å². The van der Waals surface area contributed by atoms with Crippen molar-refractivity contribution in [2.45, 2.75) is 57.4 Å². The monoisotopic (exact) mass is 509 g/mol. The minimum atomic E-state index is -3.63. The van der Waals surface area contributed by atoms with Crippen molar-refractivity contribution in [3.63, 3.8) is 0 Å². The number of hydrogen-bond acceptors (Lipinski definition) is 4. The van der Waals surface area contributed by atoms with Crippen LogP contribution in [0.15, 0.2) is 71.8 Å². The molecule has 0 radical (unpaired) electrons. The van der Waals surface area contributed by atoms with Crippen LogP contribution in [0.4, 0.5) is 4.39 Å². The van der Waals surface area contributed by atoms with Gasteiger partial charge in [-0.15, -0.1) is 0 Å². The van der Waals surface area contributed by atoms with Crippen LogP contribution in [0.3, 0.4) is 0 Å². The van der Waals surface area contributed by atoms with Crippen LogP contribution in [0.1, 0.15) is 49.1 Å². The summed E-state index contributed by atoms with van der Waals surface area (Å²) in [7, 11) is -3.63. The Morgan fingerprint density at radius 3 is 2.36 bits per heavy atom. The van der Waals surface area contributed by atoms with Crippen molar-refractivity contribution in [1.29, 1.82) is 0 Å². The summed E-state index contributed by atoms with van der Waals surface area (Å²) >= 11 is 0. The lowest BCUT2D eigenvalue weighted by Gasteiger charge is -2.38. The third-order valence-corrected chi connectivity index (χ3v) is 9.09. The Morgan fingerprint density at radius 2 is 1.72 bits per heavy atom. The van der Waals surface area contributed by atoms with E-state index in [9.17, 15) is 12.8 Å². The second-order valence-electron chi connectivity index (χ2n) is 10.7. The molecule has 4 rings (SSSR count). The van der Waals surface area contributed by atoms with E-state index in [1.165, 1.54) is 12.1 Å². The fourth-order valence-corrected chi connectivity index (χ4v) is 6.13. The topological polar surface area (TPSA) is 62.3 Å². The summed E-state index contributed by atoms with van der Waals surface area (Å²) in [5.41, 5.74) is 3.70. The first-order chi connectivity index (χ1) is 17.0. The summed E-state index contributed by atoms with van der Waals surface area (Å²) in [4.78, 5) is 7.21. The maximum absolute atomic E-state index is 13.4. The molecule has 1 aromatic heterocycles. The standard InChI is InChI=1S/C29H36FN3O2S/c1-22-5-13-27(14-6-22)36(34,35)32-20-29(16-15-24-8-11-26(30)12-9-24)17-18-33(21-29)28(3,4)25-10-7-23(2)31-19-25/h5-14,19,32H,15-18,20-21H2,1-4H3/t29-/m0/s1. The van der Waals surface area contributed by atoms with Gasteiger partial charge < -0.3 is 0 Å². The van der Waals surface area contributed by atoms with E-state index in [1.807, 2.05) is 50.4 Å². The Balaban J connectivity index is 1.55. The van der Waals surface area contributed by atoms with Gasteiger partial charge in [0.05, 0.1) is 4.90 Å². The quantitative estimate of drug-likeness (QED) is 0.421. The number of rotatable bonds is 9. The number of pyridine rings is 1. The lowest BCUT2D eigenvalue weighted by atomic mass is 9.81. The molecule has 2 aromatic carbocycles. The number of hydrogen-bond donors (Lipinski definition) is 1. The number of halogens is 1. The Bertz CT molecular complexity index is 1270. The van der Waals surface area contributed by atoms with Gasteiger partial charge in [-0.25, -0.2) is 17.5 Å². The molecule has 1 atom stereocenters. The van der Waals surface area contributed by atoms with Crippen molar-refractivity contribution in [3.8, 4) is 0 Å². The van der Waals surface area contributed by atoms with Crippen molar-refractivity contribution in [1.82, 2.24) is 14.6 Å². The Hall–Kier alpha value is -2.61. The normalized spacial score (nSPS) is 19.0. The number of likely N-dealkylation sites (tertiary alicyclic amines) is 1. The minimum Gasteiger partial charge on any atom is -0.293 e. The largest absolute Gasteiger partial charge is 0.293 e. The van der Waals surface area contributed by atoms with Crippen molar-refractivity contribution in [2.24, 2.45) is 5.41 Å². The summed E-state index contributed by atoms with van der Waals surface area (Å²) in [5.74, 6) is -0.250. The Morgan fingerprint density at radius 1 is 1.03 bits per heavy atom. The first kappa shape index (κ1) is 26.5. The van der Waals surface area contributed by atoms with Crippen molar-refractivity contribution in [2.75, 3.05) is 19.6 Å². The van der Waals surface area contributed by atoms with Crippen molar-refractivity contribution in [3.05, 3.63) is 95.1 Å². The van der Waals surface area contributed by atoms with E-state index >= 15 is 0 Å². The highest BCUT2D eigenvalue weighted by Crippen LogP contribution is 2.41. The molecule has 0 saturated carbocycles. The SMILES string of the molecule is Cc1ccc(S(=O)(=O)NC[C@]2(CCc3ccc(F)cc3)CCN(C(C)(C)c3ccc(C)nc3)C2)cc1. The van der Waals surface area contributed by atoms with E-state index in [0.29, 0.717) is 6.54 Å². The first-order valence-corrected chi connectivity index (χ1v) is 14.0. The highest BCUT2D eigenvalue weighted by atomic mass is 32.2. The molecule has 0 bridgehead atoms. The maximum Gasteiger partial charge on any atom is 0.240 e. The first-order valence-electron chi connectivity index (χ1n) is 12.5. The van der Waals surface area contributed by atoms with Crippen LogP contribution >= 0.6 is 0 Å². The molecule has 1 N–H and O–H groups in total. The van der Waals surface area contributed by atoms with E-state index in [4.69, 9.17) is 0 Å². The molecule has 5 nitrogen and oxygen atoms in total. The highest BCUT2D eigenvalue weighted by molar-refractivity contribution is 7.89. The summed E-state index contributed by atoms with van der Waals surface area (Å²) in [5, 5.41) is 0. The molecular formula is C29H36FN3O2S. The average Bonchev–Trinajstić information content (AvgIpc) is 3.29. The van der Waals surface area contributed by atoms with Gasteiger partial charge in [-0.1, -0.05) is 35.9 Å². The maximum atomic E-state index is 13.4. The van der Waals surface area contributed by atoms with Gasteiger partial charge in [-0.3, -0.25) is 9.88 Å². The smallest absolute Gasteiger partial charge is 0.240 e. The van der Waals surface area contributed by atoms with E-state index in [1.54, 1.807) is 12.1 Å². The third-order valence-electron chi connectivity index (χ3n) is 7.67. The summed E-state index contributed by atoms with van der Waals surface area (Å²) in [6, 6.07) is 17.7. The predicted octanol–water partition coefficient (Wildman–Crippen LogP) is 5.38. The number of sulfonamides is 1. The zero-order valence-electron chi connectivity index (χ0n) is 21.6. The van der Waals surface area contributed by atoms with Crippen LogP contribution in [0.25, 0.3) is 0 Å². The molecule has 0 spiro atoms. The lowest BCUT2D eigenvalue weighted by molar-refractivity contribution is 0.128. The molecule has 0 aliphatic carbocycles. The molecule has 1 saturated heterocycles. The van der Waals surface area contributed by atoms with Gasteiger partial charge in [0.2, 0.25) is 10.0 Å². The Kier molecular flexibility index (Phi) is 7.64. The second kappa shape index (κ2) is 10.4. The Labute approximate surface area is 214 Å². The molecule has 0 unspecified atom stereocenters. The molecular weight excluding hydrogens is 473 g/mol. The van der Waals surface area contributed by atoms with Gasteiger partial charge in [0.25, 0.3) is 0 Å². The molecule has 1 fully saturated rings. The molecule has 0 amide bonds. The van der Waals surface area contributed by atoms with E-state index in [0.717, 1.165) is 54.7 Å².